The number of carbonyl (C=O) groups excluding carboxylic acids is 2. The molecule has 0 spiro atoms. The molecule has 0 unspecified atom stereocenters. The highest BCUT2D eigenvalue weighted by molar-refractivity contribution is 7.92. The number of amides is 2. The van der Waals surface area contributed by atoms with Gasteiger partial charge >= 0.3 is 0 Å². The molecule has 0 fully saturated rings. The first-order valence-corrected chi connectivity index (χ1v) is 15.6. The van der Waals surface area contributed by atoms with Gasteiger partial charge in [-0.05, 0) is 61.2 Å². The number of rotatable bonds is 12. The number of sulfonamides is 1. The first-order chi connectivity index (χ1) is 18.9. The smallest absolute Gasteiger partial charge is 0.242 e. The highest BCUT2D eigenvalue weighted by Crippen LogP contribution is 2.28. The van der Waals surface area contributed by atoms with Gasteiger partial charge in [-0.1, -0.05) is 65.7 Å². The molecule has 3 aromatic carbocycles. The lowest BCUT2D eigenvalue weighted by Gasteiger charge is -2.32. The average molecular weight is 605 g/mol. The Bertz CT molecular complexity index is 1430. The second kappa shape index (κ2) is 14.0. The summed E-state index contributed by atoms with van der Waals surface area (Å²) in [6.07, 6.45) is 1.70. The molecular weight excluding hydrogens is 569 g/mol. The largest absolute Gasteiger partial charge is 0.357 e. The molecule has 7 nitrogen and oxygen atoms in total. The van der Waals surface area contributed by atoms with Crippen LogP contribution in [0.4, 0.5) is 5.69 Å². The van der Waals surface area contributed by atoms with Crippen LogP contribution >= 0.6 is 23.2 Å². The standard InChI is InChI=1S/C30H35Cl2N3O4S/c1-21-15-16-24(18-22(21)2)35(40(4,38)39)17-9-14-29(36)34(20-25-26(31)12-8-13-27(25)32)28(30(37)33-3)19-23-10-6-5-7-11-23/h5-8,10-13,15-16,18,28H,9,14,17,19-20H2,1-4H3,(H,33,37)/t28-/m0/s1. The summed E-state index contributed by atoms with van der Waals surface area (Å²) in [6.45, 7) is 4.01. The molecule has 1 atom stereocenters. The Morgan fingerprint density at radius 3 is 2.15 bits per heavy atom. The minimum atomic E-state index is -3.59. The maximum Gasteiger partial charge on any atom is 0.242 e. The van der Waals surface area contributed by atoms with Crippen molar-refractivity contribution in [3.05, 3.63) is 99.0 Å². The number of likely N-dealkylation sites (N-methyl/N-ethyl adjacent to an activating group) is 1. The second-order valence-electron chi connectivity index (χ2n) is 9.75. The molecule has 0 aliphatic rings. The van der Waals surface area contributed by atoms with Crippen molar-refractivity contribution in [3.63, 3.8) is 0 Å². The average Bonchev–Trinajstić information content (AvgIpc) is 2.91. The van der Waals surface area contributed by atoms with E-state index in [1.165, 1.54) is 16.3 Å². The van der Waals surface area contributed by atoms with Crippen LogP contribution in [0.25, 0.3) is 0 Å². The molecule has 0 aliphatic carbocycles. The highest BCUT2D eigenvalue weighted by Gasteiger charge is 2.31. The van der Waals surface area contributed by atoms with Crippen molar-refractivity contribution in [3.8, 4) is 0 Å². The highest BCUT2D eigenvalue weighted by atomic mass is 35.5. The van der Waals surface area contributed by atoms with Gasteiger partial charge in [0.15, 0.2) is 0 Å². The van der Waals surface area contributed by atoms with E-state index in [-0.39, 0.29) is 44.2 Å². The number of benzene rings is 3. The second-order valence-corrected chi connectivity index (χ2v) is 12.5. The Balaban J connectivity index is 1.89. The van der Waals surface area contributed by atoms with E-state index < -0.39 is 16.1 Å². The number of hydrogen-bond donors (Lipinski definition) is 1. The van der Waals surface area contributed by atoms with Crippen molar-refractivity contribution in [1.82, 2.24) is 10.2 Å². The zero-order valence-corrected chi connectivity index (χ0v) is 25.5. The van der Waals surface area contributed by atoms with Crippen LogP contribution in [-0.2, 0) is 32.6 Å². The molecule has 0 radical (unpaired) electrons. The molecule has 0 aliphatic heterocycles. The van der Waals surface area contributed by atoms with E-state index in [2.05, 4.69) is 5.32 Å². The molecule has 0 saturated carbocycles. The summed E-state index contributed by atoms with van der Waals surface area (Å²) in [7, 11) is -2.06. The van der Waals surface area contributed by atoms with E-state index in [0.717, 1.165) is 22.9 Å². The minimum absolute atomic E-state index is 0.0151. The lowest BCUT2D eigenvalue weighted by atomic mass is 10.0. The van der Waals surface area contributed by atoms with Crippen molar-refractivity contribution < 1.29 is 18.0 Å². The molecular formula is C30H35Cl2N3O4S. The van der Waals surface area contributed by atoms with E-state index in [1.54, 1.807) is 24.3 Å². The van der Waals surface area contributed by atoms with Crippen LogP contribution < -0.4 is 9.62 Å². The van der Waals surface area contributed by atoms with Crippen LogP contribution in [0.2, 0.25) is 10.0 Å². The number of anilines is 1. The summed E-state index contributed by atoms with van der Waals surface area (Å²) >= 11 is 12.9. The fraction of sp³-hybridized carbons (Fsp3) is 0.333. The fourth-order valence-corrected chi connectivity index (χ4v) is 5.93. The van der Waals surface area contributed by atoms with Crippen molar-refractivity contribution in [2.45, 2.75) is 45.7 Å². The molecule has 0 bridgehead atoms. The number of halogens is 2. The molecule has 3 rings (SSSR count). The van der Waals surface area contributed by atoms with Crippen LogP contribution in [0, 0.1) is 13.8 Å². The molecule has 2 amide bonds. The quantitative estimate of drug-likeness (QED) is 0.294. The lowest BCUT2D eigenvalue weighted by Crippen LogP contribution is -2.50. The van der Waals surface area contributed by atoms with Gasteiger partial charge in [-0.2, -0.15) is 0 Å². The van der Waals surface area contributed by atoms with Gasteiger partial charge in [-0.25, -0.2) is 8.42 Å². The van der Waals surface area contributed by atoms with Crippen LogP contribution in [0.1, 0.15) is 35.1 Å². The van der Waals surface area contributed by atoms with Gasteiger partial charge in [-0.15, -0.1) is 0 Å². The third-order valence-corrected chi connectivity index (χ3v) is 8.74. The SMILES string of the molecule is CNC(=O)[C@H](Cc1ccccc1)N(Cc1c(Cl)cccc1Cl)C(=O)CCCN(c1ccc(C)c(C)c1)S(C)(=O)=O. The van der Waals surface area contributed by atoms with E-state index >= 15 is 0 Å². The van der Waals surface area contributed by atoms with Gasteiger partial charge in [0.25, 0.3) is 0 Å². The summed E-state index contributed by atoms with van der Waals surface area (Å²) in [6, 6.07) is 19.1. The number of hydrogen-bond acceptors (Lipinski definition) is 4. The molecule has 10 heteroatoms. The van der Waals surface area contributed by atoms with E-state index in [1.807, 2.05) is 56.3 Å². The first kappa shape index (κ1) is 31.5. The summed E-state index contributed by atoms with van der Waals surface area (Å²) in [4.78, 5) is 28.4. The Morgan fingerprint density at radius 2 is 1.57 bits per heavy atom. The van der Waals surface area contributed by atoms with Crippen molar-refractivity contribution in [2.75, 3.05) is 24.2 Å². The summed E-state index contributed by atoms with van der Waals surface area (Å²) in [5.41, 5.74) is 4.00. The van der Waals surface area contributed by atoms with E-state index in [0.29, 0.717) is 21.3 Å². The zero-order chi connectivity index (χ0) is 29.4. The molecule has 3 aromatic rings. The van der Waals surface area contributed by atoms with Crippen LogP contribution in [0.3, 0.4) is 0 Å². The van der Waals surface area contributed by atoms with Gasteiger partial charge < -0.3 is 10.2 Å². The molecule has 40 heavy (non-hydrogen) atoms. The maximum atomic E-state index is 13.8. The predicted octanol–water partition coefficient (Wildman–Crippen LogP) is 5.54. The molecule has 1 N–H and O–H groups in total. The van der Waals surface area contributed by atoms with Crippen molar-refractivity contribution >= 4 is 50.7 Å². The third kappa shape index (κ3) is 8.22. The summed E-state index contributed by atoms with van der Waals surface area (Å²) in [5.74, 6) is -0.637. The Hall–Kier alpha value is -3.07. The van der Waals surface area contributed by atoms with Crippen LogP contribution in [0.5, 0.6) is 0 Å². The maximum absolute atomic E-state index is 13.8. The Kier molecular flexibility index (Phi) is 11.0. The van der Waals surface area contributed by atoms with Gasteiger partial charge in [0, 0.05) is 48.6 Å². The van der Waals surface area contributed by atoms with Gasteiger partial charge in [0.1, 0.15) is 6.04 Å². The van der Waals surface area contributed by atoms with E-state index in [4.69, 9.17) is 23.2 Å². The summed E-state index contributed by atoms with van der Waals surface area (Å²) < 4.78 is 26.6. The topological polar surface area (TPSA) is 86.8 Å². The van der Waals surface area contributed by atoms with E-state index in [9.17, 15) is 18.0 Å². The van der Waals surface area contributed by atoms with Crippen molar-refractivity contribution in [1.29, 1.82) is 0 Å². The predicted molar refractivity (Wildman–Crippen MR) is 162 cm³/mol. The van der Waals surface area contributed by atoms with Crippen LogP contribution in [0.15, 0.2) is 66.7 Å². The number of aryl methyl sites for hydroxylation is 2. The number of nitrogens with zero attached hydrogens (tertiary/aromatic N) is 2. The fourth-order valence-electron chi connectivity index (χ4n) is 4.46. The lowest BCUT2D eigenvalue weighted by molar-refractivity contribution is -0.141. The molecule has 214 valence electrons. The third-order valence-electron chi connectivity index (χ3n) is 6.84. The molecule has 0 saturated heterocycles. The van der Waals surface area contributed by atoms with Gasteiger partial charge in [-0.3, -0.25) is 13.9 Å². The zero-order valence-electron chi connectivity index (χ0n) is 23.2. The number of carbonyl (C=O) groups is 2. The Morgan fingerprint density at radius 1 is 0.925 bits per heavy atom. The molecule has 0 heterocycles. The first-order valence-electron chi connectivity index (χ1n) is 12.9. The number of nitrogens with one attached hydrogen (secondary N) is 1. The minimum Gasteiger partial charge on any atom is -0.357 e. The molecule has 0 aromatic heterocycles. The van der Waals surface area contributed by atoms with Gasteiger partial charge in [0.05, 0.1) is 11.9 Å². The van der Waals surface area contributed by atoms with Crippen LogP contribution in [-0.4, -0.2) is 51.0 Å². The monoisotopic (exact) mass is 603 g/mol. The summed E-state index contributed by atoms with van der Waals surface area (Å²) in [5, 5.41) is 3.45. The van der Waals surface area contributed by atoms with Gasteiger partial charge in [0.2, 0.25) is 21.8 Å². The normalized spacial score (nSPS) is 12.1. The van der Waals surface area contributed by atoms with Crippen molar-refractivity contribution in [2.24, 2.45) is 0 Å². The Labute approximate surface area is 247 Å².